The molecule has 2 N–H and O–H groups in total. The molecule has 3 rings (SSSR count). The van der Waals surface area contributed by atoms with Crippen molar-refractivity contribution in [2.45, 2.75) is 6.54 Å². The fraction of sp³-hybridized carbons (Fsp3) is 0.0667. The fourth-order valence-corrected chi connectivity index (χ4v) is 2.85. The SMILES string of the molecule is NCc1sc(-c2ccccn2)nc1-c1ccccc1. The normalized spacial score (nSPS) is 10.6. The summed E-state index contributed by atoms with van der Waals surface area (Å²) in [5, 5.41) is 0.917. The van der Waals surface area contributed by atoms with Crippen LogP contribution < -0.4 is 5.73 Å². The second kappa shape index (κ2) is 5.30. The first kappa shape index (κ1) is 12.0. The van der Waals surface area contributed by atoms with Crippen molar-refractivity contribution in [1.29, 1.82) is 0 Å². The standard InChI is InChI=1S/C15H13N3S/c16-10-13-14(11-6-2-1-3-7-11)18-15(19-13)12-8-4-5-9-17-12/h1-9H,10,16H2. The fourth-order valence-electron chi connectivity index (χ4n) is 1.91. The van der Waals surface area contributed by atoms with Gasteiger partial charge in [0, 0.05) is 23.2 Å². The zero-order valence-electron chi connectivity index (χ0n) is 10.3. The number of hydrogen-bond donors (Lipinski definition) is 1. The van der Waals surface area contributed by atoms with Crippen molar-refractivity contribution >= 4 is 11.3 Å². The first-order valence-electron chi connectivity index (χ1n) is 6.05. The zero-order valence-corrected chi connectivity index (χ0v) is 11.1. The molecule has 3 nitrogen and oxygen atoms in total. The number of nitrogens with two attached hydrogens (primary N) is 1. The highest BCUT2D eigenvalue weighted by atomic mass is 32.1. The van der Waals surface area contributed by atoms with Gasteiger partial charge in [0.2, 0.25) is 0 Å². The van der Waals surface area contributed by atoms with Crippen molar-refractivity contribution in [2.75, 3.05) is 0 Å². The molecule has 0 amide bonds. The molecule has 2 heterocycles. The maximum atomic E-state index is 5.83. The van der Waals surface area contributed by atoms with Crippen LogP contribution in [0.25, 0.3) is 22.0 Å². The summed E-state index contributed by atoms with van der Waals surface area (Å²) < 4.78 is 0. The van der Waals surface area contributed by atoms with Crippen LogP contribution in [0.3, 0.4) is 0 Å². The van der Waals surface area contributed by atoms with Gasteiger partial charge in [-0.2, -0.15) is 0 Å². The van der Waals surface area contributed by atoms with E-state index in [-0.39, 0.29) is 0 Å². The third kappa shape index (κ3) is 2.41. The van der Waals surface area contributed by atoms with Crippen molar-refractivity contribution in [1.82, 2.24) is 9.97 Å². The zero-order chi connectivity index (χ0) is 13.1. The maximum absolute atomic E-state index is 5.83. The average molecular weight is 267 g/mol. The molecule has 4 heteroatoms. The Morgan fingerprint density at radius 3 is 2.47 bits per heavy atom. The first-order valence-corrected chi connectivity index (χ1v) is 6.86. The second-order valence-electron chi connectivity index (χ2n) is 4.08. The van der Waals surface area contributed by atoms with Crippen molar-refractivity contribution in [3.63, 3.8) is 0 Å². The van der Waals surface area contributed by atoms with Crippen molar-refractivity contribution in [3.8, 4) is 22.0 Å². The molecule has 0 atom stereocenters. The predicted octanol–water partition coefficient (Wildman–Crippen LogP) is 3.33. The van der Waals surface area contributed by atoms with E-state index in [9.17, 15) is 0 Å². The molecule has 0 spiro atoms. The molecule has 1 aromatic carbocycles. The molecule has 0 fully saturated rings. The third-order valence-electron chi connectivity index (χ3n) is 2.81. The quantitative estimate of drug-likeness (QED) is 0.792. The van der Waals surface area contributed by atoms with Gasteiger partial charge in [-0.05, 0) is 12.1 Å². The van der Waals surface area contributed by atoms with Gasteiger partial charge in [0.1, 0.15) is 5.01 Å². The van der Waals surface area contributed by atoms with Crippen LogP contribution >= 0.6 is 11.3 Å². The molecular weight excluding hydrogens is 254 g/mol. The van der Waals surface area contributed by atoms with E-state index in [1.807, 2.05) is 36.4 Å². The lowest BCUT2D eigenvalue weighted by molar-refractivity contribution is 1.10. The van der Waals surface area contributed by atoms with Crippen molar-refractivity contribution in [2.24, 2.45) is 5.73 Å². The molecule has 94 valence electrons. The van der Waals surface area contributed by atoms with E-state index < -0.39 is 0 Å². The number of hydrogen-bond acceptors (Lipinski definition) is 4. The van der Waals surface area contributed by atoms with Gasteiger partial charge in [-0.25, -0.2) is 4.98 Å². The Bertz CT molecular complexity index is 662. The Kier molecular flexibility index (Phi) is 3.35. The minimum atomic E-state index is 0.495. The third-order valence-corrected chi connectivity index (χ3v) is 3.91. The smallest absolute Gasteiger partial charge is 0.142 e. The molecule has 0 radical (unpaired) electrons. The summed E-state index contributed by atoms with van der Waals surface area (Å²) in [5.41, 5.74) is 8.79. The van der Waals surface area contributed by atoms with Crippen molar-refractivity contribution in [3.05, 3.63) is 59.6 Å². The van der Waals surface area contributed by atoms with E-state index in [1.54, 1.807) is 17.5 Å². The molecule has 0 bridgehead atoms. The highest BCUT2D eigenvalue weighted by molar-refractivity contribution is 7.15. The molecule has 3 aromatic rings. The average Bonchev–Trinajstić information content (AvgIpc) is 2.93. The summed E-state index contributed by atoms with van der Waals surface area (Å²) in [6, 6.07) is 16.0. The number of benzene rings is 1. The Balaban J connectivity index is 2.09. The Labute approximate surface area is 115 Å². The molecule has 0 aliphatic rings. The molecule has 0 aliphatic carbocycles. The lowest BCUT2D eigenvalue weighted by Crippen LogP contribution is -1.95. The highest BCUT2D eigenvalue weighted by Crippen LogP contribution is 2.32. The number of pyridine rings is 1. The van der Waals surface area contributed by atoms with Gasteiger partial charge < -0.3 is 5.73 Å². The summed E-state index contributed by atoms with van der Waals surface area (Å²) in [4.78, 5) is 10.1. The van der Waals surface area contributed by atoms with E-state index in [2.05, 4.69) is 17.1 Å². The summed E-state index contributed by atoms with van der Waals surface area (Å²) in [7, 11) is 0. The second-order valence-corrected chi connectivity index (χ2v) is 5.16. The first-order chi connectivity index (χ1) is 9.38. The summed E-state index contributed by atoms with van der Waals surface area (Å²) in [6.07, 6.45) is 1.78. The molecule has 0 saturated heterocycles. The van der Waals surface area contributed by atoms with Gasteiger partial charge in [-0.3, -0.25) is 4.98 Å². The molecule has 2 aromatic heterocycles. The predicted molar refractivity (Wildman–Crippen MR) is 78.7 cm³/mol. The van der Waals surface area contributed by atoms with Gasteiger partial charge >= 0.3 is 0 Å². The minimum absolute atomic E-state index is 0.495. The van der Waals surface area contributed by atoms with E-state index in [1.165, 1.54) is 0 Å². The van der Waals surface area contributed by atoms with E-state index in [4.69, 9.17) is 10.7 Å². The molecule has 0 saturated carbocycles. The topological polar surface area (TPSA) is 51.8 Å². The summed E-state index contributed by atoms with van der Waals surface area (Å²) in [5.74, 6) is 0. The van der Waals surface area contributed by atoms with Crippen molar-refractivity contribution < 1.29 is 0 Å². The Morgan fingerprint density at radius 2 is 1.79 bits per heavy atom. The van der Waals surface area contributed by atoms with Crippen LogP contribution in [-0.4, -0.2) is 9.97 Å². The Hall–Kier alpha value is -2.04. The van der Waals surface area contributed by atoms with Crippen LogP contribution in [0, 0.1) is 0 Å². The van der Waals surface area contributed by atoms with Gasteiger partial charge in [0.15, 0.2) is 0 Å². The van der Waals surface area contributed by atoms with Gasteiger partial charge in [0.05, 0.1) is 11.4 Å². The minimum Gasteiger partial charge on any atom is -0.326 e. The van der Waals surface area contributed by atoms with Crippen LogP contribution in [0.1, 0.15) is 4.88 Å². The summed E-state index contributed by atoms with van der Waals surface area (Å²) >= 11 is 1.61. The Morgan fingerprint density at radius 1 is 1.00 bits per heavy atom. The van der Waals surface area contributed by atoms with Crippen LogP contribution in [0.4, 0.5) is 0 Å². The van der Waals surface area contributed by atoms with Gasteiger partial charge in [0.25, 0.3) is 0 Å². The van der Waals surface area contributed by atoms with Crippen LogP contribution in [0.15, 0.2) is 54.7 Å². The number of thiazole rings is 1. The van der Waals surface area contributed by atoms with Crippen LogP contribution in [0.2, 0.25) is 0 Å². The van der Waals surface area contributed by atoms with E-state index in [0.29, 0.717) is 6.54 Å². The summed E-state index contributed by atoms with van der Waals surface area (Å²) in [6.45, 7) is 0.495. The highest BCUT2D eigenvalue weighted by Gasteiger charge is 2.13. The molecular formula is C15H13N3S. The van der Waals surface area contributed by atoms with Gasteiger partial charge in [-0.1, -0.05) is 36.4 Å². The van der Waals surface area contributed by atoms with E-state index in [0.717, 1.165) is 26.8 Å². The monoisotopic (exact) mass is 267 g/mol. The number of rotatable bonds is 3. The van der Waals surface area contributed by atoms with Gasteiger partial charge in [-0.15, -0.1) is 11.3 Å². The largest absolute Gasteiger partial charge is 0.326 e. The van der Waals surface area contributed by atoms with Crippen LogP contribution in [-0.2, 0) is 6.54 Å². The lowest BCUT2D eigenvalue weighted by Gasteiger charge is -1.98. The molecule has 0 unspecified atom stereocenters. The lowest BCUT2D eigenvalue weighted by atomic mass is 10.1. The molecule has 0 aliphatic heterocycles. The number of aromatic nitrogens is 2. The van der Waals surface area contributed by atoms with Crippen LogP contribution in [0.5, 0.6) is 0 Å². The van der Waals surface area contributed by atoms with E-state index >= 15 is 0 Å². The number of nitrogens with zero attached hydrogens (tertiary/aromatic N) is 2. The molecule has 19 heavy (non-hydrogen) atoms. The maximum Gasteiger partial charge on any atom is 0.142 e.